The van der Waals surface area contributed by atoms with Gasteiger partial charge in [0, 0.05) is 12.1 Å². The van der Waals surface area contributed by atoms with Crippen LogP contribution in [-0.2, 0) is 14.4 Å². The Labute approximate surface area is 172 Å². The molecule has 144 valence electrons. The SMILES string of the molecule is CN1[C@@H]2CC[C@H](OC(=O)C(Cl)(c3ccccc3)c3ccccc3)[C@H]1CC2.Cl. The molecule has 3 nitrogen and oxygen atoms in total. The van der Waals surface area contributed by atoms with Crippen molar-refractivity contribution < 1.29 is 9.53 Å². The maximum atomic E-state index is 13.3. The molecule has 3 atom stereocenters. The first-order valence-corrected chi connectivity index (χ1v) is 9.71. The quantitative estimate of drug-likeness (QED) is 0.542. The van der Waals surface area contributed by atoms with Crippen molar-refractivity contribution in [1.29, 1.82) is 0 Å². The van der Waals surface area contributed by atoms with Crippen molar-refractivity contribution in [3.05, 3.63) is 71.8 Å². The van der Waals surface area contributed by atoms with E-state index in [-0.39, 0.29) is 24.5 Å². The molecule has 4 rings (SSSR count). The van der Waals surface area contributed by atoms with Crippen LogP contribution in [0.4, 0.5) is 0 Å². The molecule has 2 saturated heterocycles. The highest BCUT2D eigenvalue weighted by atomic mass is 35.5. The standard InChI is InChI=1S/C22H24ClNO2.ClH/c1-24-18-12-14-19(24)20(15-13-18)26-21(25)22(23,16-8-4-2-5-9-16)17-10-6-3-7-11-17;/h2-11,18-20H,12-15H2,1H3;1H/t18-,19+,20-;/m0./s1. The summed E-state index contributed by atoms with van der Waals surface area (Å²) in [6, 6.07) is 20.0. The lowest BCUT2D eigenvalue weighted by atomic mass is 9.90. The summed E-state index contributed by atoms with van der Waals surface area (Å²) >= 11 is 7.01. The summed E-state index contributed by atoms with van der Waals surface area (Å²) in [6.45, 7) is 0. The van der Waals surface area contributed by atoms with Crippen LogP contribution in [0.5, 0.6) is 0 Å². The molecule has 0 radical (unpaired) electrons. The number of piperidine rings is 1. The van der Waals surface area contributed by atoms with Gasteiger partial charge < -0.3 is 4.74 Å². The van der Waals surface area contributed by atoms with Crippen molar-refractivity contribution >= 4 is 30.0 Å². The zero-order valence-corrected chi connectivity index (χ0v) is 17.0. The molecule has 0 saturated carbocycles. The first-order valence-electron chi connectivity index (χ1n) is 9.33. The number of fused-ring (bicyclic) bond motifs is 2. The average Bonchev–Trinajstić information content (AvgIpc) is 2.92. The number of carbonyl (C=O) groups is 1. The van der Waals surface area contributed by atoms with Gasteiger partial charge in [0.15, 0.2) is 4.87 Å². The molecule has 2 heterocycles. The Balaban J connectivity index is 0.00000210. The largest absolute Gasteiger partial charge is 0.459 e. The first-order chi connectivity index (χ1) is 12.6. The van der Waals surface area contributed by atoms with Gasteiger partial charge in [-0.05, 0) is 43.9 Å². The summed E-state index contributed by atoms with van der Waals surface area (Å²) in [5, 5.41) is 0. The maximum absolute atomic E-state index is 13.3. The first kappa shape index (κ1) is 20.2. The molecule has 5 heteroatoms. The van der Waals surface area contributed by atoms with Crippen LogP contribution >= 0.6 is 24.0 Å². The van der Waals surface area contributed by atoms with E-state index < -0.39 is 4.87 Å². The smallest absolute Gasteiger partial charge is 0.336 e. The summed E-state index contributed by atoms with van der Waals surface area (Å²) in [4.78, 5) is 14.4. The lowest BCUT2D eigenvalue weighted by Gasteiger charge is -2.38. The third kappa shape index (κ3) is 3.61. The van der Waals surface area contributed by atoms with Crippen LogP contribution in [0.15, 0.2) is 60.7 Å². The van der Waals surface area contributed by atoms with E-state index in [9.17, 15) is 4.79 Å². The number of esters is 1. The van der Waals surface area contributed by atoms with E-state index in [1.165, 1.54) is 6.42 Å². The summed E-state index contributed by atoms with van der Waals surface area (Å²) in [5.41, 5.74) is 1.48. The second kappa shape index (κ2) is 8.22. The van der Waals surface area contributed by atoms with Gasteiger partial charge in [-0.2, -0.15) is 0 Å². The molecule has 2 aromatic rings. The minimum Gasteiger partial charge on any atom is -0.459 e. The maximum Gasteiger partial charge on any atom is 0.336 e. The van der Waals surface area contributed by atoms with Crippen LogP contribution in [-0.4, -0.2) is 36.1 Å². The van der Waals surface area contributed by atoms with Crippen molar-refractivity contribution in [2.24, 2.45) is 0 Å². The molecule has 0 spiro atoms. The van der Waals surface area contributed by atoms with Gasteiger partial charge in [-0.25, -0.2) is 4.79 Å². The van der Waals surface area contributed by atoms with E-state index >= 15 is 0 Å². The van der Waals surface area contributed by atoms with Crippen molar-refractivity contribution in [1.82, 2.24) is 4.90 Å². The molecule has 2 bridgehead atoms. The van der Waals surface area contributed by atoms with Crippen LogP contribution < -0.4 is 0 Å². The van der Waals surface area contributed by atoms with E-state index in [0.717, 1.165) is 30.4 Å². The molecule has 0 N–H and O–H groups in total. The summed E-state index contributed by atoms with van der Waals surface area (Å²) in [7, 11) is 2.14. The summed E-state index contributed by atoms with van der Waals surface area (Å²) < 4.78 is 6.05. The minimum atomic E-state index is -1.32. The topological polar surface area (TPSA) is 29.5 Å². The van der Waals surface area contributed by atoms with E-state index in [2.05, 4.69) is 11.9 Å². The van der Waals surface area contributed by atoms with E-state index in [1.807, 2.05) is 60.7 Å². The van der Waals surface area contributed by atoms with Crippen molar-refractivity contribution in [3.8, 4) is 0 Å². The van der Waals surface area contributed by atoms with Crippen LogP contribution in [0.3, 0.4) is 0 Å². The fraction of sp³-hybridized carbons (Fsp3) is 0.409. The number of hydrogen-bond donors (Lipinski definition) is 0. The van der Waals surface area contributed by atoms with Crippen LogP contribution in [0.2, 0.25) is 0 Å². The van der Waals surface area contributed by atoms with Gasteiger partial charge in [0.05, 0.1) is 0 Å². The van der Waals surface area contributed by atoms with Crippen molar-refractivity contribution in [3.63, 3.8) is 0 Å². The molecule has 2 fully saturated rings. The second-order valence-corrected chi connectivity index (χ2v) is 7.94. The fourth-order valence-corrected chi connectivity index (χ4v) is 4.78. The number of hydrogen-bond acceptors (Lipinski definition) is 3. The Morgan fingerprint density at radius 3 is 2.04 bits per heavy atom. The number of ether oxygens (including phenoxy) is 1. The summed E-state index contributed by atoms with van der Waals surface area (Å²) in [6.07, 6.45) is 4.19. The highest BCUT2D eigenvalue weighted by molar-refractivity contribution is 6.36. The molecule has 0 amide bonds. The third-order valence-corrected chi connectivity index (χ3v) is 6.58. The Bertz CT molecular complexity index is 729. The Morgan fingerprint density at radius 1 is 0.963 bits per heavy atom. The predicted molar refractivity (Wildman–Crippen MR) is 110 cm³/mol. The number of likely N-dealkylation sites (N-methyl/N-ethyl adjacent to an activating group) is 1. The molecular formula is C22H25Cl2NO2. The Hall–Kier alpha value is -1.55. The van der Waals surface area contributed by atoms with Crippen LogP contribution in [0.25, 0.3) is 0 Å². The van der Waals surface area contributed by atoms with E-state index in [0.29, 0.717) is 12.1 Å². The Kier molecular flexibility index (Phi) is 6.15. The second-order valence-electron chi connectivity index (χ2n) is 7.38. The molecule has 27 heavy (non-hydrogen) atoms. The predicted octanol–water partition coefficient (Wildman–Crippen LogP) is 4.76. The lowest BCUT2D eigenvalue weighted by molar-refractivity contribution is -0.156. The van der Waals surface area contributed by atoms with Gasteiger partial charge in [-0.15, -0.1) is 12.4 Å². The number of benzene rings is 2. The van der Waals surface area contributed by atoms with Crippen molar-refractivity contribution in [2.45, 2.75) is 48.7 Å². The third-order valence-electron chi connectivity index (χ3n) is 5.99. The van der Waals surface area contributed by atoms with E-state index in [1.54, 1.807) is 0 Å². The molecule has 0 aromatic heterocycles. The van der Waals surface area contributed by atoms with Crippen LogP contribution in [0.1, 0.15) is 36.8 Å². The lowest BCUT2D eigenvalue weighted by Crippen LogP contribution is -2.48. The van der Waals surface area contributed by atoms with Gasteiger partial charge in [0.2, 0.25) is 0 Å². The molecular weight excluding hydrogens is 381 g/mol. The highest BCUT2D eigenvalue weighted by Gasteiger charge is 2.47. The van der Waals surface area contributed by atoms with Gasteiger partial charge >= 0.3 is 5.97 Å². The number of nitrogens with zero attached hydrogens (tertiary/aromatic N) is 1. The molecule has 2 aliphatic heterocycles. The van der Waals surface area contributed by atoms with Gasteiger partial charge in [-0.3, -0.25) is 4.90 Å². The number of halogens is 2. The molecule has 2 aliphatic rings. The number of alkyl halides is 1. The molecule has 0 unspecified atom stereocenters. The van der Waals surface area contributed by atoms with Gasteiger partial charge in [-0.1, -0.05) is 72.3 Å². The van der Waals surface area contributed by atoms with E-state index in [4.69, 9.17) is 16.3 Å². The summed E-state index contributed by atoms with van der Waals surface area (Å²) in [5.74, 6) is -0.375. The van der Waals surface area contributed by atoms with Gasteiger partial charge in [0.1, 0.15) is 6.10 Å². The average molecular weight is 406 g/mol. The Morgan fingerprint density at radius 2 is 1.48 bits per heavy atom. The normalized spacial score (nSPS) is 24.9. The van der Waals surface area contributed by atoms with Crippen LogP contribution in [0, 0.1) is 0 Å². The fourth-order valence-electron chi connectivity index (χ4n) is 4.48. The van der Waals surface area contributed by atoms with Gasteiger partial charge in [0.25, 0.3) is 0 Å². The minimum absolute atomic E-state index is 0. The molecule has 0 aliphatic carbocycles. The highest BCUT2D eigenvalue weighted by Crippen LogP contribution is 2.41. The zero-order chi connectivity index (χ0) is 18.1. The van der Waals surface area contributed by atoms with Crippen molar-refractivity contribution in [2.75, 3.05) is 7.05 Å². The molecule has 2 aromatic carbocycles. The number of carbonyl (C=O) groups excluding carboxylic acids is 1. The number of rotatable bonds is 4. The zero-order valence-electron chi connectivity index (χ0n) is 15.4. The monoisotopic (exact) mass is 405 g/mol.